The number of rotatable bonds is 8. The number of carbonyl (C=O) groups is 4. The van der Waals surface area contributed by atoms with Gasteiger partial charge in [-0.15, -0.1) is 45.3 Å². The van der Waals surface area contributed by atoms with Crippen LogP contribution in [0.25, 0.3) is 41.8 Å². The molecule has 12 heteroatoms. The van der Waals surface area contributed by atoms with Crippen LogP contribution in [0, 0.1) is 0 Å². The molecule has 0 saturated heterocycles. The predicted octanol–water partition coefficient (Wildman–Crippen LogP) is 9.26. The lowest BCUT2D eigenvalue weighted by Crippen LogP contribution is -2.09. The number of hydrogen-bond donors (Lipinski definition) is 2. The molecule has 0 spiro atoms. The molecule has 8 nitrogen and oxygen atoms in total. The molecule has 6 rings (SSSR count). The van der Waals surface area contributed by atoms with Crippen LogP contribution in [0.3, 0.4) is 0 Å². The molecule has 4 aromatic heterocycles. The molecule has 0 aliphatic heterocycles. The number of ether oxygens (including phenoxy) is 2. The maximum atomic E-state index is 12.3. The third kappa shape index (κ3) is 6.85. The van der Waals surface area contributed by atoms with E-state index in [0.717, 1.165) is 19.5 Å². The molecule has 46 heavy (non-hydrogen) atoms. The fourth-order valence-electron chi connectivity index (χ4n) is 4.65. The van der Waals surface area contributed by atoms with Crippen LogP contribution in [-0.4, -0.2) is 48.3 Å². The molecule has 2 N–H and O–H groups in total. The first kappa shape index (κ1) is 32.5. The third-order valence-electron chi connectivity index (χ3n) is 6.73. The van der Waals surface area contributed by atoms with Crippen LogP contribution in [0.1, 0.15) is 41.4 Å². The third-order valence-corrected chi connectivity index (χ3v) is 10.3. The lowest BCUT2D eigenvalue weighted by molar-refractivity contribution is 0.0588. The second-order valence-corrected chi connectivity index (χ2v) is 13.2. The average molecular weight is 689 g/mol. The van der Waals surface area contributed by atoms with E-state index in [-0.39, 0.29) is 11.1 Å². The predicted molar refractivity (Wildman–Crippen MR) is 183 cm³/mol. The summed E-state index contributed by atoms with van der Waals surface area (Å²) in [5.74, 6) is -3.02. The van der Waals surface area contributed by atoms with Crippen molar-refractivity contribution in [3.8, 4) is 41.8 Å². The second-order valence-electron chi connectivity index (χ2n) is 9.39. The molecule has 0 aliphatic rings. The molecule has 232 valence electrons. The highest BCUT2D eigenvalue weighted by molar-refractivity contribution is 7.14. The minimum absolute atomic E-state index is 0.107. The van der Waals surface area contributed by atoms with Crippen LogP contribution in [0.2, 0.25) is 0 Å². The second kappa shape index (κ2) is 14.5. The fraction of sp³-hybridized carbons (Fsp3) is 0.0588. The normalized spacial score (nSPS) is 10.5. The van der Waals surface area contributed by atoms with Gasteiger partial charge in [0.2, 0.25) is 0 Å². The Hall–Kier alpha value is -4.88. The molecule has 2 aromatic carbocycles. The molecular weight excluding hydrogens is 665 g/mol. The van der Waals surface area contributed by atoms with Crippen molar-refractivity contribution in [3.63, 3.8) is 0 Å². The fourth-order valence-corrected chi connectivity index (χ4v) is 7.68. The Kier molecular flexibility index (Phi) is 10.2. The minimum atomic E-state index is -1.07. The molecule has 0 aliphatic carbocycles. The van der Waals surface area contributed by atoms with Crippen molar-refractivity contribution in [1.29, 1.82) is 0 Å². The first-order chi connectivity index (χ1) is 22.2. The van der Waals surface area contributed by atoms with Crippen molar-refractivity contribution in [2.24, 2.45) is 0 Å². The number of benzene rings is 2. The van der Waals surface area contributed by atoms with Gasteiger partial charge in [-0.2, -0.15) is 0 Å². The lowest BCUT2D eigenvalue weighted by atomic mass is 9.96. The van der Waals surface area contributed by atoms with E-state index < -0.39 is 23.9 Å². The molecule has 4 heterocycles. The molecule has 0 saturated carbocycles. The van der Waals surface area contributed by atoms with Crippen LogP contribution in [0.5, 0.6) is 0 Å². The number of carboxylic acids is 2. The van der Waals surface area contributed by atoms with Crippen LogP contribution < -0.4 is 0 Å². The van der Waals surface area contributed by atoms with Gasteiger partial charge in [0.25, 0.3) is 0 Å². The van der Waals surface area contributed by atoms with E-state index in [2.05, 4.69) is 0 Å². The number of esters is 2. The van der Waals surface area contributed by atoms with Gasteiger partial charge in [0.1, 0.15) is 0 Å². The summed E-state index contributed by atoms with van der Waals surface area (Å²) >= 11 is 5.74. The number of hydrogen-bond acceptors (Lipinski definition) is 10. The van der Waals surface area contributed by atoms with Crippen LogP contribution in [0.15, 0.2) is 94.3 Å². The van der Waals surface area contributed by atoms with Crippen molar-refractivity contribution in [2.45, 2.75) is 0 Å². The van der Waals surface area contributed by atoms with E-state index in [0.29, 0.717) is 33.4 Å². The van der Waals surface area contributed by atoms with Crippen LogP contribution in [-0.2, 0) is 9.47 Å². The van der Waals surface area contributed by atoms with Crippen LogP contribution >= 0.6 is 45.3 Å². The van der Waals surface area contributed by atoms with Crippen molar-refractivity contribution >= 4 is 69.2 Å². The summed E-state index contributed by atoms with van der Waals surface area (Å²) in [6.45, 7) is 0. The Bertz CT molecular complexity index is 1840. The van der Waals surface area contributed by atoms with Crippen molar-refractivity contribution in [3.05, 3.63) is 117 Å². The highest BCUT2D eigenvalue weighted by atomic mass is 32.1. The summed E-state index contributed by atoms with van der Waals surface area (Å²) in [6, 6.07) is 21.1. The number of methoxy groups -OCH3 is 2. The van der Waals surface area contributed by atoms with Gasteiger partial charge in [-0.05, 0) is 70.1 Å². The summed E-state index contributed by atoms with van der Waals surface area (Å²) in [5.41, 5.74) is 3.26. The highest BCUT2D eigenvalue weighted by Crippen LogP contribution is 2.38. The number of aromatic carboxylic acids is 2. The average Bonchev–Trinajstić information content (AvgIpc) is 3.90. The van der Waals surface area contributed by atoms with E-state index >= 15 is 0 Å². The standard InChI is InChI=1S/C18H14O4S2.C16H10O4S2/c1-21-17(19)13-9-12(16-6-4-8-24-16)14(18(20)22-2)10-11(13)15-5-3-7-23-15;17-15(18)11-8-10(14-4-2-6-22-14)12(16(19)20)7-9(11)13-3-1-5-21-13/h3-10H,1-2H3;1-8H,(H,17,18)(H,19,20). The maximum Gasteiger partial charge on any atom is 0.338 e. The number of carbonyl (C=O) groups excluding carboxylic acids is 2. The summed E-state index contributed by atoms with van der Waals surface area (Å²) in [5, 5.41) is 26.4. The Morgan fingerprint density at radius 1 is 0.478 bits per heavy atom. The van der Waals surface area contributed by atoms with E-state index in [1.54, 1.807) is 36.4 Å². The molecule has 0 atom stereocenters. The largest absolute Gasteiger partial charge is 0.478 e. The summed E-state index contributed by atoms with van der Waals surface area (Å²) in [7, 11) is 2.69. The monoisotopic (exact) mass is 688 g/mol. The lowest BCUT2D eigenvalue weighted by Gasteiger charge is -2.13. The molecule has 0 unspecified atom stereocenters. The van der Waals surface area contributed by atoms with Crippen molar-refractivity contribution in [2.75, 3.05) is 14.2 Å². The SMILES string of the molecule is COC(=O)c1cc(-c2cccs2)c(C(=O)OC)cc1-c1cccs1.O=C(O)c1cc(-c2cccs2)c(C(=O)O)cc1-c1cccs1. The first-order valence-corrected chi connectivity index (χ1v) is 16.9. The number of carboxylic acid groups (broad SMARTS) is 2. The van der Waals surface area contributed by atoms with Gasteiger partial charge in [0.05, 0.1) is 36.5 Å². The molecular formula is C34H24O8S4. The number of thiophene rings is 4. The van der Waals surface area contributed by atoms with E-state index in [9.17, 15) is 29.4 Å². The van der Waals surface area contributed by atoms with Gasteiger partial charge in [-0.3, -0.25) is 0 Å². The molecule has 6 aromatic rings. The summed E-state index contributed by atoms with van der Waals surface area (Å²) in [4.78, 5) is 50.9. The quantitative estimate of drug-likeness (QED) is 0.152. The van der Waals surface area contributed by atoms with Gasteiger partial charge >= 0.3 is 23.9 Å². The van der Waals surface area contributed by atoms with Gasteiger partial charge in [-0.25, -0.2) is 19.2 Å². The highest BCUT2D eigenvalue weighted by Gasteiger charge is 2.23. The zero-order valence-corrected chi connectivity index (χ0v) is 27.5. The zero-order valence-electron chi connectivity index (χ0n) is 24.2. The molecule has 0 amide bonds. The Morgan fingerprint density at radius 2 is 0.739 bits per heavy atom. The molecule has 0 fully saturated rings. The van der Waals surface area contributed by atoms with Gasteiger partial charge in [0, 0.05) is 41.8 Å². The van der Waals surface area contributed by atoms with E-state index in [1.807, 2.05) is 45.8 Å². The van der Waals surface area contributed by atoms with E-state index in [4.69, 9.17) is 9.47 Å². The molecule has 0 radical (unpaired) electrons. The van der Waals surface area contributed by atoms with Crippen molar-refractivity contribution in [1.82, 2.24) is 0 Å². The summed E-state index contributed by atoms with van der Waals surface area (Å²) < 4.78 is 9.85. The smallest absolute Gasteiger partial charge is 0.338 e. The Labute approximate surface area is 279 Å². The molecule has 0 bridgehead atoms. The van der Waals surface area contributed by atoms with Gasteiger partial charge in [-0.1, -0.05) is 24.3 Å². The van der Waals surface area contributed by atoms with Gasteiger partial charge < -0.3 is 19.7 Å². The minimum Gasteiger partial charge on any atom is -0.478 e. The first-order valence-electron chi connectivity index (χ1n) is 13.4. The summed E-state index contributed by atoms with van der Waals surface area (Å²) in [6.07, 6.45) is 0. The topological polar surface area (TPSA) is 127 Å². The van der Waals surface area contributed by atoms with E-state index in [1.165, 1.54) is 71.7 Å². The van der Waals surface area contributed by atoms with Crippen molar-refractivity contribution < 1.29 is 38.9 Å². The van der Waals surface area contributed by atoms with Crippen LogP contribution in [0.4, 0.5) is 0 Å². The zero-order chi connectivity index (χ0) is 32.8. The Morgan fingerprint density at radius 3 is 0.957 bits per heavy atom. The Balaban J connectivity index is 0.000000182. The van der Waals surface area contributed by atoms with Gasteiger partial charge in [0.15, 0.2) is 0 Å². The maximum absolute atomic E-state index is 12.3.